The molecular weight excluding hydrogens is 310 g/mol. The molecule has 0 aliphatic heterocycles. The van der Waals surface area contributed by atoms with E-state index in [0.29, 0.717) is 22.1 Å². The average Bonchev–Trinajstić information content (AvgIpc) is 3.18. The Hall–Kier alpha value is -2.78. The minimum Gasteiger partial charge on any atom is -0.454 e. The maximum atomic E-state index is 6.52. The normalized spacial score (nSPS) is 11.7. The second-order valence-corrected chi connectivity index (χ2v) is 5.78. The van der Waals surface area contributed by atoms with Crippen molar-refractivity contribution in [3.05, 3.63) is 65.7 Å². The molecule has 4 heteroatoms. The maximum Gasteiger partial charge on any atom is 0.227 e. The van der Waals surface area contributed by atoms with Gasteiger partial charge in [0.1, 0.15) is 16.1 Å². The molecule has 23 heavy (non-hydrogen) atoms. The number of furan rings is 1. The smallest absolute Gasteiger partial charge is 0.227 e. The van der Waals surface area contributed by atoms with Gasteiger partial charge in [-0.3, -0.25) is 0 Å². The van der Waals surface area contributed by atoms with Gasteiger partial charge in [-0.2, -0.15) is 0 Å². The van der Waals surface area contributed by atoms with Crippen molar-refractivity contribution in [2.75, 3.05) is 0 Å². The molecule has 3 aromatic carbocycles. The Bertz CT molecular complexity index is 1170. The summed E-state index contributed by atoms with van der Waals surface area (Å²) in [5.41, 5.74) is 3.64. The molecule has 0 fully saturated rings. The number of hydrogen-bond donors (Lipinski definition) is 0. The number of oxazole rings is 1. The van der Waals surface area contributed by atoms with E-state index in [2.05, 4.69) is 4.98 Å². The van der Waals surface area contributed by atoms with E-state index in [-0.39, 0.29) is 0 Å². The predicted molar refractivity (Wildman–Crippen MR) is 91.7 cm³/mol. The Labute approximate surface area is 136 Å². The average molecular weight is 320 g/mol. The van der Waals surface area contributed by atoms with E-state index < -0.39 is 0 Å². The van der Waals surface area contributed by atoms with E-state index in [9.17, 15) is 0 Å². The van der Waals surface area contributed by atoms with Crippen LogP contribution in [0.1, 0.15) is 0 Å². The molecule has 5 rings (SSSR count). The van der Waals surface area contributed by atoms with Crippen LogP contribution in [-0.2, 0) is 0 Å². The Kier molecular flexibility index (Phi) is 2.55. The first-order valence-electron chi connectivity index (χ1n) is 7.27. The molecule has 5 aromatic rings. The van der Waals surface area contributed by atoms with Crippen LogP contribution in [0.4, 0.5) is 0 Å². The number of benzene rings is 3. The molecule has 0 N–H and O–H groups in total. The highest BCUT2D eigenvalue weighted by molar-refractivity contribution is 6.40. The number of halogens is 1. The molecule has 0 saturated carbocycles. The molecular formula is C19H10ClNO2. The molecule has 0 spiro atoms. The van der Waals surface area contributed by atoms with Gasteiger partial charge in [0.25, 0.3) is 0 Å². The summed E-state index contributed by atoms with van der Waals surface area (Å²) < 4.78 is 11.8. The molecule has 0 atom stereocenters. The fourth-order valence-electron chi connectivity index (χ4n) is 2.90. The lowest BCUT2D eigenvalue weighted by molar-refractivity contribution is 0.618. The summed E-state index contributed by atoms with van der Waals surface area (Å²) in [7, 11) is 0. The molecule has 0 radical (unpaired) electrons. The number of nitrogens with zero attached hydrogens (tertiary/aromatic N) is 1. The lowest BCUT2D eigenvalue weighted by Gasteiger charge is -1.93. The first-order chi connectivity index (χ1) is 11.3. The van der Waals surface area contributed by atoms with Crippen molar-refractivity contribution in [1.82, 2.24) is 4.98 Å². The van der Waals surface area contributed by atoms with Crippen LogP contribution in [0.5, 0.6) is 0 Å². The minimum atomic E-state index is 0.461. The molecule has 0 amide bonds. The summed E-state index contributed by atoms with van der Waals surface area (Å²) in [5, 5.41) is 2.44. The van der Waals surface area contributed by atoms with Crippen LogP contribution in [0.2, 0.25) is 5.02 Å². The second-order valence-electron chi connectivity index (χ2n) is 5.40. The van der Waals surface area contributed by atoms with Gasteiger partial charge in [-0.05, 0) is 24.3 Å². The van der Waals surface area contributed by atoms with Gasteiger partial charge in [0.05, 0.1) is 0 Å². The third-order valence-electron chi connectivity index (χ3n) is 3.99. The molecule has 2 aromatic heterocycles. The van der Waals surface area contributed by atoms with Gasteiger partial charge in [0.2, 0.25) is 5.89 Å². The van der Waals surface area contributed by atoms with Crippen molar-refractivity contribution in [2.45, 2.75) is 0 Å². The van der Waals surface area contributed by atoms with Crippen LogP contribution >= 0.6 is 11.6 Å². The highest BCUT2D eigenvalue weighted by Crippen LogP contribution is 2.39. The third kappa shape index (κ3) is 1.80. The standard InChI is InChI=1S/C19H10ClNO2/c20-16-17-13(12-8-4-5-9-15(12)22-17)10-14-18(16)23-19(21-14)11-6-2-1-3-7-11/h1-10H. The number of fused-ring (bicyclic) bond motifs is 4. The quantitative estimate of drug-likeness (QED) is 0.377. The minimum absolute atomic E-state index is 0.461. The van der Waals surface area contributed by atoms with Crippen molar-refractivity contribution in [3.8, 4) is 11.5 Å². The van der Waals surface area contributed by atoms with Crippen LogP contribution in [0.15, 0.2) is 69.5 Å². The lowest BCUT2D eigenvalue weighted by Crippen LogP contribution is -1.75. The van der Waals surface area contributed by atoms with Gasteiger partial charge < -0.3 is 8.83 Å². The zero-order chi connectivity index (χ0) is 15.4. The van der Waals surface area contributed by atoms with Crippen molar-refractivity contribution >= 4 is 44.6 Å². The van der Waals surface area contributed by atoms with E-state index in [1.54, 1.807) is 0 Å². The summed E-state index contributed by atoms with van der Waals surface area (Å²) in [6.07, 6.45) is 0. The van der Waals surface area contributed by atoms with Crippen LogP contribution in [-0.4, -0.2) is 4.98 Å². The monoisotopic (exact) mass is 319 g/mol. The summed E-state index contributed by atoms with van der Waals surface area (Å²) in [6, 6.07) is 19.6. The maximum absolute atomic E-state index is 6.52. The first kappa shape index (κ1) is 12.7. The number of rotatable bonds is 1. The fourth-order valence-corrected chi connectivity index (χ4v) is 3.18. The van der Waals surface area contributed by atoms with Crippen LogP contribution in [0, 0.1) is 0 Å². The number of para-hydroxylation sites is 1. The fraction of sp³-hybridized carbons (Fsp3) is 0. The Morgan fingerprint density at radius 1 is 0.783 bits per heavy atom. The van der Waals surface area contributed by atoms with Gasteiger partial charge in [0.15, 0.2) is 11.2 Å². The van der Waals surface area contributed by atoms with E-state index in [4.69, 9.17) is 20.4 Å². The lowest BCUT2D eigenvalue weighted by atomic mass is 10.1. The highest BCUT2D eigenvalue weighted by Gasteiger charge is 2.18. The zero-order valence-electron chi connectivity index (χ0n) is 11.9. The van der Waals surface area contributed by atoms with Crippen LogP contribution in [0.25, 0.3) is 44.5 Å². The molecule has 0 aliphatic carbocycles. The van der Waals surface area contributed by atoms with Gasteiger partial charge in [-0.15, -0.1) is 0 Å². The molecule has 2 heterocycles. The van der Waals surface area contributed by atoms with E-state index in [1.807, 2.05) is 60.7 Å². The highest BCUT2D eigenvalue weighted by atomic mass is 35.5. The zero-order valence-corrected chi connectivity index (χ0v) is 12.7. The predicted octanol–water partition coefficient (Wildman–Crippen LogP) is 6.05. The molecule has 110 valence electrons. The Morgan fingerprint density at radius 3 is 2.43 bits per heavy atom. The molecule has 3 nitrogen and oxygen atoms in total. The van der Waals surface area contributed by atoms with Crippen molar-refractivity contribution < 1.29 is 8.83 Å². The Morgan fingerprint density at radius 2 is 1.57 bits per heavy atom. The van der Waals surface area contributed by atoms with Crippen LogP contribution < -0.4 is 0 Å². The summed E-state index contributed by atoms with van der Waals surface area (Å²) in [6.45, 7) is 0. The SMILES string of the molecule is Clc1c2oc(-c3ccccc3)nc2cc2c1oc1ccccc12. The van der Waals surface area contributed by atoms with Gasteiger partial charge in [-0.25, -0.2) is 4.98 Å². The Balaban J connectivity index is 1.86. The van der Waals surface area contributed by atoms with E-state index in [0.717, 1.165) is 27.4 Å². The number of hydrogen-bond acceptors (Lipinski definition) is 3. The summed E-state index contributed by atoms with van der Waals surface area (Å²) in [5.74, 6) is 0.555. The van der Waals surface area contributed by atoms with Gasteiger partial charge >= 0.3 is 0 Å². The number of aromatic nitrogens is 1. The second kappa shape index (κ2) is 4.61. The molecule has 0 bridgehead atoms. The van der Waals surface area contributed by atoms with E-state index >= 15 is 0 Å². The largest absolute Gasteiger partial charge is 0.454 e. The summed E-state index contributed by atoms with van der Waals surface area (Å²) in [4.78, 5) is 4.59. The van der Waals surface area contributed by atoms with Crippen molar-refractivity contribution in [1.29, 1.82) is 0 Å². The van der Waals surface area contributed by atoms with Crippen molar-refractivity contribution in [3.63, 3.8) is 0 Å². The molecule has 0 saturated heterocycles. The van der Waals surface area contributed by atoms with Gasteiger partial charge in [-0.1, -0.05) is 48.0 Å². The first-order valence-corrected chi connectivity index (χ1v) is 7.65. The third-order valence-corrected chi connectivity index (χ3v) is 4.33. The summed E-state index contributed by atoms with van der Waals surface area (Å²) >= 11 is 6.52. The topological polar surface area (TPSA) is 39.2 Å². The van der Waals surface area contributed by atoms with Gasteiger partial charge in [0, 0.05) is 16.3 Å². The molecule has 0 aliphatic rings. The molecule has 0 unspecified atom stereocenters. The van der Waals surface area contributed by atoms with Crippen molar-refractivity contribution in [2.24, 2.45) is 0 Å². The van der Waals surface area contributed by atoms with E-state index in [1.165, 1.54) is 0 Å². The van der Waals surface area contributed by atoms with Crippen LogP contribution in [0.3, 0.4) is 0 Å².